The first kappa shape index (κ1) is 15.3. The molecule has 0 amide bonds. The summed E-state index contributed by atoms with van der Waals surface area (Å²) < 4.78 is 0. The highest BCUT2D eigenvalue weighted by Gasteiger charge is 2.11. The molecule has 0 bridgehead atoms. The molecule has 0 radical (unpaired) electrons. The first-order chi connectivity index (χ1) is 6.87. The molecule has 15 heavy (non-hydrogen) atoms. The fourth-order valence-corrected chi connectivity index (χ4v) is 1.91. The Labute approximate surface area is 100 Å². The molecule has 0 aromatic heterocycles. The predicted octanol–water partition coefficient (Wildman–Crippen LogP) is 2.45. The maximum atomic E-state index is 3.52. The number of nitrogens with zero attached hydrogens (tertiary/aromatic N) is 1. The van der Waals surface area contributed by atoms with Gasteiger partial charge in [-0.1, -0.05) is 0 Å². The molecule has 0 saturated carbocycles. The van der Waals surface area contributed by atoms with Crippen LogP contribution in [0.4, 0.5) is 0 Å². The largest absolute Gasteiger partial charge is 0.311 e. The van der Waals surface area contributed by atoms with Crippen molar-refractivity contribution in [2.24, 2.45) is 0 Å². The Morgan fingerprint density at radius 3 is 2.40 bits per heavy atom. The van der Waals surface area contributed by atoms with E-state index in [-0.39, 0.29) is 5.54 Å². The van der Waals surface area contributed by atoms with Crippen molar-refractivity contribution in [2.75, 3.05) is 32.1 Å². The van der Waals surface area contributed by atoms with Crippen molar-refractivity contribution in [3.8, 4) is 0 Å². The van der Waals surface area contributed by atoms with Crippen LogP contribution in [0.5, 0.6) is 0 Å². The third-order valence-electron chi connectivity index (χ3n) is 2.61. The van der Waals surface area contributed by atoms with E-state index in [2.05, 4.69) is 51.2 Å². The average molecular weight is 232 g/mol. The number of thioether (sulfide) groups is 1. The van der Waals surface area contributed by atoms with Gasteiger partial charge in [0.2, 0.25) is 0 Å². The smallest absolute Gasteiger partial charge is 0.0107 e. The highest BCUT2D eigenvalue weighted by Crippen LogP contribution is 2.05. The van der Waals surface area contributed by atoms with E-state index in [0.717, 1.165) is 13.1 Å². The molecule has 0 fully saturated rings. The number of rotatable bonds is 7. The standard InChI is InChI=1S/C12H28N2S/c1-11(7-10-15-6)14(5)9-8-13-12(2,3)4/h11,13H,7-10H2,1-6H3. The molecule has 1 atom stereocenters. The zero-order chi connectivity index (χ0) is 11.9. The number of hydrogen-bond donors (Lipinski definition) is 1. The minimum absolute atomic E-state index is 0.239. The van der Waals surface area contributed by atoms with Gasteiger partial charge in [0.15, 0.2) is 0 Å². The second kappa shape index (κ2) is 7.53. The van der Waals surface area contributed by atoms with Crippen LogP contribution in [0.3, 0.4) is 0 Å². The lowest BCUT2D eigenvalue weighted by Gasteiger charge is -2.27. The molecule has 3 heteroatoms. The molecule has 0 aliphatic heterocycles. The van der Waals surface area contributed by atoms with E-state index < -0.39 is 0 Å². The summed E-state index contributed by atoms with van der Waals surface area (Å²) >= 11 is 1.93. The van der Waals surface area contributed by atoms with Gasteiger partial charge in [-0.25, -0.2) is 0 Å². The Hall–Kier alpha value is 0.270. The molecule has 0 aliphatic rings. The third-order valence-corrected chi connectivity index (χ3v) is 3.26. The van der Waals surface area contributed by atoms with Crippen molar-refractivity contribution >= 4 is 11.8 Å². The molecule has 1 unspecified atom stereocenters. The third kappa shape index (κ3) is 9.21. The normalized spacial score (nSPS) is 14.6. The molecule has 0 spiro atoms. The molecular formula is C12H28N2S. The Morgan fingerprint density at radius 1 is 1.33 bits per heavy atom. The Balaban J connectivity index is 3.59. The van der Waals surface area contributed by atoms with E-state index in [1.165, 1.54) is 12.2 Å². The lowest BCUT2D eigenvalue weighted by molar-refractivity contribution is 0.243. The van der Waals surface area contributed by atoms with Crippen molar-refractivity contribution < 1.29 is 0 Å². The van der Waals surface area contributed by atoms with Crippen molar-refractivity contribution in [3.63, 3.8) is 0 Å². The molecule has 1 N–H and O–H groups in total. The quantitative estimate of drug-likeness (QED) is 0.726. The highest BCUT2D eigenvalue weighted by molar-refractivity contribution is 7.98. The van der Waals surface area contributed by atoms with Gasteiger partial charge in [-0.15, -0.1) is 0 Å². The van der Waals surface area contributed by atoms with Crippen LogP contribution in [-0.2, 0) is 0 Å². The van der Waals surface area contributed by atoms with Crippen LogP contribution in [0.15, 0.2) is 0 Å². The van der Waals surface area contributed by atoms with Crippen LogP contribution in [0, 0.1) is 0 Å². The molecule has 0 saturated heterocycles. The fraction of sp³-hybridized carbons (Fsp3) is 1.00. The van der Waals surface area contributed by atoms with Gasteiger partial charge in [-0.3, -0.25) is 0 Å². The summed E-state index contributed by atoms with van der Waals surface area (Å²) in [4.78, 5) is 2.44. The monoisotopic (exact) mass is 232 g/mol. The highest BCUT2D eigenvalue weighted by atomic mass is 32.2. The van der Waals surface area contributed by atoms with E-state index in [1.54, 1.807) is 0 Å². The maximum absolute atomic E-state index is 3.52. The number of nitrogens with one attached hydrogen (secondary N) is 1. The predicted molar refractivity (Wildman–Crippen MR) is 72.8 cm³/mol. The van der Waals surface area contributed by atoms with Crippen molar-refractivity contribution in [1.29, 1.82) is 0 Å². The van der Waals surface area contributed by atoms with Crippen LogP contribution in [0.25, 0.3) is 0 Å². The lowest BCUT2D eigenvalue weighted by Crippen LogP contribution is -2.42. The van der Waals surface area contributed by atoms with E-state index in [4.69, 9.17) is 0 Å². The van der Waals surface area contributed by atoms with Gasteiger partial charge < -0.3 is 10.2 Å². The Kier molecular flexibility index (Phi) is 7.66. The summed E-state index contributed by atoms with van der Waals surface area (Å²) in [6, 6.07) is 0.694. The van der Waals surface area contributed by atoms with Gasteiger partial charge >= 0.3 is 0 Å². The van der Waals surface area contributed by atoms with Gasteiger partial charge in [0, 0.05) is 24.7 Å². The van der Waals surface area contributed by atoms with Gasteiger partial charge in [0.25, 0.3) is 0 Å². The van der Waals surface area contributed by atoms with Crippen molar-refractivity contribution in [2.45, 2.75) is 45.7 Å². The molecule has 0 rings (SSSR count). The minimum atomic E-state index is 0.239. The minimum Gasteiger partial charge on any atom is -0.311 e. The summed E-state index contributed by atoms with van der Waals surface area (Å²) in [5, 5.41) is 3.52. The van der Waals surface area contributed by atoms with Crippen LogP contribution in [0.2, 0.25) is 0 Å². The molecule has 0 aromatic carbocycles. The van der Waals surface area contributed by atoms with Crippen molar-refractivity contribution in [1.82, 2.24) is 10.2 Å². The van der Waals surface area contributed by atoms with E-state index >= 15 is 0 Å². The summed E-state index contributed by atoms with van der Waals surface area (Å²) in [7, 11) is 2.22. The fourth-order valence-electron chi connectivity index (χ4n) is 1.34. The SMILES string of the molecule is CSCCC(C)N(C)CCNC(C)(C)C. The van der Waals surface area contributed by atoms with Crippen LogP contribution < -0.4 is 5.32 Å². The van der Waals surface area contributed by atoms with Gasteiger partial charge in [0.1, 0.15) is 0 Å². The van der Waals surface area contributed by atoms with E-state index in [9.17, 15) is 0 Å². The molecule has 0 aromatic rings. The topological polar surface area (TPSA) is 15.3 Å². The van der Waals surface area contributed by atoms with Gasteiger partial charge in [0.05, 0.1) is 0 Å². The number of hydrogen-bond acceptors (Lipinski definition) is 3. The molecule has 92 valence electrons. The van der Waals surface area contributed by atoms with Gasteiger partial charge in [-0.2, -0.15) is 11.8 Å². The zero-order valence-electron chi connectivity index (χ0n) is 11.3. The first-order valence-corrected chi connectivity index (χ1v) is 7.20. The average Bonchev–Trinajstić information content (AvgIpc) is 2.11. The van der Waals surface area contributed by atoms with Crippen LogP contribution in [-0.4, -0.2) is 48.6 Å². The van der Waals surface area contributed by atoms with Gasteiger partial charge in [-0.05, 0) is 53.2 Å². The summed E-state index contributed by atoms with van der Waals surface area (Å²) in [6.07, 6.45) is 3.46. The first-order valence-electron chi connectivity index (χ1n) is 5.81. The Morgan fingerprint density at radius 2 is 1.93 bits per heavy atom. The zero-order valence-corrected chi connectivity index (χ0v) is 12.1. The molecular weight excluding hydrogens is 204 g/mol. The summed E-state index contributed by atoms with van der Waals surface area (Å²) in [6.45, 7) is 11.2. The second-order valence-corrected chi connectivity index (χ2v) is 6.27. The molecule has 0 aliphatic carbocycles. The lowest BCUT2D eigenvalue weighted by atomic mass is 10.1. The molecule has 2 nitrogen and oxygen atoms in total. The van der Waals surface area contributed by atoms with Crippen molar-refractivity contribution in [3.05, 3.63) is 0 Å². The maximum Gasteiger partial charge on any atom is 0.0107 e. The van der Waals surface area contributed by atoms with Crippen LogP contribution in [0.1, 0.15) is 34.1 Å². The van der Waals surface area contributed by atoms with Crippen LogP contribution >= 0.6 is 11.8 Å². The van der Waals surface area contributed by atoms with E-state index in [0.29, 0.717) is 6.04 Å². The molecule has 0 heterocycles. The Bertz CT molecular complexity index is 154. The summed E-state index contributed by atoms with van der Waals surface area (Å²) in [5.41, 5.74) is 0.239. The van der Waals surface area contributed by atoms with E-state index in [1.807, 2.05) is 11.8 Å². The number of likely N-dealkylation sites (N-methyl/N-ethyl adjacent to an activating group) is 1. The second-order valence-electron chi connectivity index (χ2n) is 5.29. The summed E-state index contributed by atoms with van der Waals surface area (Å²) in [5.74, 6) is 1.26.